The van der Waals surface area contributed by atoms with Crippen LogP contribution in [0.5, 0.6) is 0 Å². The topological polar surface area (TPSA) is 17.1 Å². The Balaban J connectivity index is 2.88. The maximum atomic E-state index is 11.8. The third-order valence-electron chi connectivity index (χ3n) is 1.25. The molecule has 1 nitrogen and oxygen atoms in total. The van der Waals surface area contributed by atoms with Crippen LogP contribution in [-0.4, -0.2) is 17.8 Å². The molecule has 1 atom stereocenters. The van der Waals surface area contributed by atoms with Crippen molar-refractivity contribution in [3.05, 3.63) is 22.5 Å². The van der Waals surface area contributed by atoms with Gasteiger partial charge in [-0.15, -0.1) is 10.5 Å². The van der Waals surface area contributed by atoms with Crippen molar-refractivity contribution in [1.82, 2.24) is 0 Å². The zero-order chi connectivity index (χ0) is 9.35. The lowest BCUT2D eigenvalue weighted by molar-refractivity contribution is -0.165. The summed E-state index contributed by atoms with van der Waals surface area (Å²) in [5, 5.41) is 1.47. The lowest BCUT2D eigenvalue weighted by Gasteiger charge is -2.06. The molecule has 1 aliphatic rings. The molecular formula is C7H5F3OS. The zero-order valence-corrected chi connectivity index (χ0v) is 6.71. The van der Waals surface area contributed by atoms with Gasteiger partial charge in [0.05, 0.1) is 4.91 Å². The molecule has 1 unspecified atom stereocenters. The second-order valence-electron chi connectivity index (χ2n) is 2.12. The molecule has 0 aromatic carbocycles. The van der Waals surface area contributed by atoms with Crippen LogP contribution in [0.2, 0.25) is 0 Å². The Morgan fingerprint density at radius 3 is 2.42 bits per heavy atom. The first kappa shape index (κ1) is 9.25. The fourth-order valence-corrected chi connectivity index (χ4v) is 1.74. The predicted molar refractivity (Wildman–Crippen MR) is 43.0 cm³/mol. The molecule has 0 spiro atoms. The lowest BCUT2D eigenvalue weighted by atomic mass is 10.3. The van der Waals surface area contributed by atoms with Gasteiger partial charge in [0.1, 0.15) is 0 Å². The Kier molecular flexibility index (Phi) is 2.23. The molecule has 0 radical (unpaired) electrons. The molecule has 66 valence electrons. The number of alkyl halides is 3. The molecule has 0 saturated carbocycles. The summed E-state index contributed by atoms with van der Waals surface area (Å²) in [4.78, 5) is 10.3. The van der Waals surface area contributed by atoms with E-state index in [0.29, 0.717) is 0 Å². The molecule has 1 heterocycles. The highest BCUT2D eigenvalue weighted by Crippen LogP contribution is 2.35. The molecule has 0 N–H and O–H groups in total. The van der Waals surface area contributed by atoms with Crippen molar-refractivity contribution in [2.75, 3.05) is 0 Å². The van der Waals surface area contributed by atoms with E-state index >= 15 is 0 Å². The molecule has 0 bridgehead atoms. The summed E-state index contributed by atoms with van der Waals surface area (Å²) in [6.07, 6.45) is -2.21. The van der Waals surface area contributed by atoms with E-state index in [2.05, 4.69) is 5.87 Å². The van der Waals surface area contributed by atoms with Crippen LogP contribution >= 0.6 is 10.5 Å². The number of Topliss-reactive ketones (excluding diaryl/α,β-unsaturated/α-hetero) is 1. The van der Waals surface area contributed by atoms with Crippen LogP contribution in [0.25, 0.3) is 0 Å². The fraction of sp³-hybridized carbons (Fsp3) is 0.143. The highest BCUT2D eigenvalue weighted by atomic mass is 32.2. The number of hydrogen-bond acceptors (Lipinski definition) is 1. The lowest BCUT2D eigenvalue weighted by Crippen LogP contribution is -2.23. The average Bonchev–Trinajstić information content (AvgIpc) is 2.31. The van der Waals surface area contributed by atoms with Gasteiger partial charge in [-0.1, -0.05) is 11.9 Å². The van der Waals surface area contributed by atoms with Crippen LogP contribution in [0, 0.1) is 0 Å². The maximum Gasteiger partial charge on any atom is 0.455 e. The standard InChI is InChI=1S/C7H5F3OS/c1-12-4-2-3-5(12)6(11)7(8,9)10/h2-4H,1H2. The molecule has 1 aliphatic heterocycles. The molecule has 0 saturated heterocycles. The highest BCUT2D eigenvalue weighted by molar-refractivity contribution is 8.20. The van der Waals surface area contributed by atoms with Gasteiger partial charge < -0.3 is 0 Å². The summed E-state index contributed by atoms with van der Waals surface area (Å²) in [7, 11) is -0.926. The summed E-state index contributed by atoms with van der Waals surface area (Å²) < 4.78 is 35.5. The minimum absolute atomic E-state index is 0.262. The smallest absolute Gasteiger partial charge is 0.283 e. The number of hydrogen-bond donors (Lipinski definition) is 0. The van der Waals surface area contributed by atoms with Gasteiger partial charge in [-0.2, -0.15) is 13.2 Å². The molecule has 0 amide bonds. The van der Waals surface area contributed by atoms with Gasteiger partial charge in [0, 0.05) is 0 Å². The number of carbonyl (C=O) groups excluding carboxylic acids is 1. The van der Waals surface area contributed by atoms with Crippen LogP contribution in [-0.2, 0) is 4.79 Å². The number of halogens is 3. The van der Waals surface area contributed by atoms with Gasteiger partial charge in [0.25, 0.3) is 5.78 Å². The van der Waals surface area contributed by atoms with Gasteiger partial charge >= 0.3 is 6.18 Å². The SMILES string of the molecule is C=S1C=CC=C1C(=O)C(F)(F)F. The van der Waals surface area contributed by atoms with E-state index < -0.39 is 22.4 Å². The van der Waals surface area contributed by atoms with Crippen molar-refractivity contribution >= 4 is 22.1 Å². The van der Waals surface area contributed by atoms with Crippen molar-refractivity contribution in [2.45, 2.75) is 6.18 Å². The molecule has 1 rings (SSSR count). The second-order valence-corrected chi connectivity index (χ2v) is 3.68. The van der Waals surface area contributed by atoms with Crippen LogP contribution in [0.3, 0.4) is 0 Å². The van der Waals surface area contributed by atoms with Gasteiger partial charge in [-0.05, 0) is 11.5 Å². The predicted octanol–water partition coefficient (Wildman–Crippen LogP) is 2.23. The first-order chi connectivity index (χ1) is 5.43. The van der Waals surface area contributed by atoms with Crippen molar-refractivity contribution in [1.29, 1.82) is 0 Å². The molecular weight excluding hydrogens is 189 g/mol. The maximum absolute atomic E-state index is 11.8. The highest BCUT2D eigenvalue weighted by Gasteiger charge is 2.41. The van der Waals surface area contributed by atoms with Crippen LogP contribution in [0.1, 0.15) is 0 Å². The van der Waals surface area contributed by atoms with E-state index in [1.807, 2.05) is 0 Å². The third-order valence-corrected chi connectivity index (χ3v) is 2.63. The zero-order valence-electron chi connectivity index (χ0n) is 5.89. The van der Waals surface area contributed by atoms with E-state index in [4.69, 9.17) is 0 Å². The normalized spacial score (nSPS) is 22.6. The third kappa shape index (κ3) is 1.66. The van der Waals surface area contributed by atoms with Crippen molar-refractivity contribution < 1.29 is 18.0 Å². The van der Waals surface area contributed by atoms with Gasteiger partial charge in [-0.3, -0.25) is 4.79 Å². The summed E-state index contributed by atoms with van der Waals surface area (Å²) >= 11 is 0. The largest absolute Gasteiger partial charge is 0.455 e. The van der Waals surface area contributed by atoms with Crippen molar-refractivity contribution in [3.63, 3.8) is 0 Å². The van der Waals surface area contributed by atoms with Crippen molar-refractivity contribution in [2.24, 2.45) is 0 Å². The Labute approximate surface area is 69.5 Å². The molecule has 12 heavy (non-hydrogen) atoms. The minimum Gasteiger partial charge on any atom is -0.283 e. The molecule has 0 fully saturated rings. The Morgan fingerprint density at radius 1 is 1.50 bits per heavy atom. The monoisotopic (exact) mass is 194 g/mol. The fourth-order valence-electron chi connectivity index (χ4n) is 0.717. The van der Waals surface area contributed by atoms with Gasteiger partial charge in [0.2, 0.25) is 0 Å². The van der Waals surface area contributed by atoms with Crippen LogP contribution in [0.15, 0.2) is 22.5 Å². The number of rotatable bonds is 1. The number of ketones is 1. The summed E-state index contributed by atoms with van der Waals surface area (Å²) in [6.45, 7) is 0. The van der Waals surface area contributed by atoms with E-state index in [1.165, 1.54) is 11.5 Å². The number of allylic oxidation sites excluding steroid dienone is 3. The van der Waals surface area contributed by atoms with E-state index in [-0.39, 0.29) is 4.91 Å². The van der Waals surface area contributed by atoms with E-state index in [9.17, 15) is 18.0 Å². The van der Waals surface area contributed by atoms with Gasteiger partial charge in [0.15, 0.2) is 0 Å². The molecule has 0 aliphatic carbocycles. The Morgan fingerprint density at radius 2 is 2.08 bits per heavy atom. The molecule has 0 aromatic rings. The average molecular weight is 194 g/mol. The van der Waals surface area contributed by atoms with E-state index in [0.717, 1.165) is 6.08 Å². The second kappa shape index (κ2) is 2.90. The quantitative estimate of drug-likeness (QED) is 0.585. The minimum atomic E-state index is -4.78. The Hall–Kier alpha value is -0.840. The number of carbonyl (C=O) groups is 1. The molecule has 5 heteroatoms. The first-order valence-electron chi connectivity index (χ1n) is 2.95. The van der Waals surface area contributed by atoms with Gasteiger partial charge in [-0.25, -0.2) is 0 Å². The first-order valence-corrected chi connectivity index (χ1v) is 4.41. The summed E-state index contributed by atoms with van der Waals surface area (Å²) in [5.74, 6) is 1.62. The van der Waals surface area contributed by atoms with Crippen LogP contribution in [0.4, 0.5) is 13.2 Å². The van der Waals surface area contributed by atoms with Crippen LogP contribution < -0.4 is 0 Å². The van der Waals surface area contributed by atoms with Crippen molar-refractivity contribution in [3.8, 4) is 0 Å². The molecule has 0 aromatic heterocycles. The Bertz CT molecular complexity index is 298. The summed E-state index contributed by atoms with van der Waals surface area (Å²) in [6, 6.07) is 0. The van der Waals surface area contributed by atoms with E-state index in [1.54, 1.807) is 0 Å². The summed E-state index contributed by atoms with van der Waals surface area (Å²) in [5.41, 5.74) is 0.